The number of ether oxygens (including phenoxy) is 1. The van der Waals surface area contributed by atoms with Crippen LogP contribution >= 0.6 is 0 Å². The van der Waals surface area contributed by atoms with E-state index in [-0.39, 0.29) is 5.88 Å². The van der Waals surface area contributed by atoms with Crippen LogP contribution < -0.4 is 16.0 Å². The van der Waals surface area contributed by atoms with Crippen LogP contribution in [0.3, 0.4) is 0 Å². The summed E-state index contributed by atoms with van der Waals surface area (Å²) in [6, 6.07) is 8.91. The van der Waals surface area contributed by atoms with E-state index in [0.29, 0.717) is 17.1 Å². The number of para-hydroxylation sites is 1. The zero-order valence-electron chi connectivity index (χ0n) is 8.79. The van der Waals surface area contributed by atoms with Gasteiger partial charge in [-0.3, -0.25) is 4.98 Å². The van der Waals surface area contributed by atoms with Crippen LogP contribution in [-0.2, 0) is 0 Å². The molecule has 2 aromatic rings. The van der Waals surface area contributed by atoms with Crippen molar-refractivity contribution < 1.29 is 4.74 Å². The first-order valence-corrected chi connectivity index (χ1v) is 4.79. The Morgan fingerprint density at radius 3 is 2.88 bits per heavy atom. The van der Waals surface area contributed by atoms with Gasteiger partial charge >= 0.3 is 0 Å². The highest BCUT2D eigenvalue weighted by Crippen LogP contribution is 2.23. The first-order chi connectivity index (χ1) is 8.33. The standard InChI is InChI=1S/C11H9N5O/c12-5-8-3-1-2-4-9(8)17-11-7-14-6-10(15-11)16-13/h1-4,6-7H,13H2,(H,15,16). The van der Waals surface area contributed by atoms with Gasteiger partial charge in [-0.15, -0.1) is 0 Å². The summed E-state index contributed by atoms with van der Waals surface area (Å²) in [7, 11) is 0. The predicted molar refractivity (Wildman–Crippen MR) is 61.1 cm³/mol. The molecule has 0 saturated heterocycles. The lowest BCUT2D eigenvalue weighted by Crippen LogP contribution is -2.09. The molecule has 0 spiro atoms. The van der Waals surface area contributed by atoms with E-state index < -0.39 is 0 Å². The average molecular weight is 227 g/mol. The van der Waals surface area contributed by atoms with E-state index in [2.05, 4.69) is 15.4 Å². The van der Waals surface area contributed by atoms with E-state index in [1.165, 1.54) is 12.4 Å². The monoisotopic (exact) mass is 227 g/mol. The number of nitrogens with two attached hydrogens (primary N) is 1. The topological polar surface area (TPSA) is 96.8 Å². The molecule has 0 saturated carbocycles. The smallest absolute Gasteiger partial charge is 0.239 e. The Morgan fingerprint density at radius 2 is 2.12 bits per heavy atom. The summed E-state index contributed by atoms with van der Waals surface area (Å²) in [6.45, 7) is 0. The fraction of sp³-hybridized carbons (Fsp3) is 0. The van der Waals surface area contributed by atoms with E-state index in [0.717, 1.165) is 0 Å². The van der Waals surface area contributed by atoms with Gasteiger partial charge in [0.25, 0.3) is 0 Å². The number of nitrogen functional groups attached to an aromatic ring is 1. The Labute approximate surface area is 97.7 Å². The molecule has 0 aliphatic heterocycles. The van der Waals surface area contributed by atoms with Crippen LogP contribution in [0.15, 0.2) is 36.7 Å². The van der Waals surface area contributed by atoms with Crippen molar-refractivity contribution in [3.63, 3.8) is 0 Å². The molecular formula is C11H9N5O. The van der Waals surface area contributed by atoms with Crippen molar-refractivity contribution in [1.29, 1.82) is 5.26 Å². The molecule has 1 heterocycles. The molecule has 2 rings (SSSR count). The quantitative estimate of drug-likeness (QED) is 0.608. The summed E-state index contributed by atoms with van der Waals surface area (Å²) in [5.74, 6) is 6.29. The van der Waals surface area contributed by atoms with Crippen LogP contribution in [0.2, 0.25) is 0 Å². The van der Waals surface area contributed by atoms with Gasteiger partial charge in [0.05, 0.1) is 18.0 Å². The van der Waals surface area contributed by atoms with Crippen molar-refractivity contribution in [3.05, 3.63) is 42.2 Å². The van der Waals surface area contributed by atoms with Crippen LogP contribution in [0.1, 0.15) is 5.56 Å². The number of benzene rings is 1. The Kier molecular flexibility index (Phi) is 3.14. The Hall–Kier alpha value is -2.65. The maximum absolute atomic E-state index is 8.90. The number of nitriles is 1. The molecule has 1 aromatic carbocycles. The minimum atomic E-state index is 0.267. The highest BCUT2D eigenvalue weighted by molar-refractivity contribution is 5.44. The highest BCUT2D eigenvalue weighted by Gasteiger charge is 2.05. The number of nitrogens with zero attached hydrogens (tertiary/aromatic N) is 3. The van der Waals surface area contributed by atoms with E-state index >= 15 is 0 Å². The summed E-state index contributed by atoms with van der Waals surface area (Å²) >= 11 is 0. The first kappa shape index (κ1) is 10.9. The lowest BCUT2D eigenvalue weighted by molar-refractivity contribution is 0.459. The highest BCUT2D eigenvalue weighted by atomic mass is 16.5. The molecule has 0 aliphatic carbocycles. The number of anilines is 1. The molecule has 0 radical (unpaired) electrons. The van der Waals surface area contributed by atoms with Gasteiger partial charge in [0.2, 0.25) is 5.88 Å². The number of rotatable bonds is 3. The van der Waals surface area contributed by atoms with Gasteiger partial charge in [0, 0.05) is 0 Å². The summed E-state index contributed by atoms with van der Waals surface area (Å²) in [5, 5.41) is 8.90. The van der Waals surface area contributed by atoms with Gasteiger partial charge in [0.15, 0.2) is 5.82 Å². The first-order valence-electron chi connectivity index (χ1n) is 4.79. The minimum absolute atomic E-state index is 0.267. The van der Waals surface area contributed by atoms with Gasteiger partial charge in [-0.05, 0) is 12.1 Å². The fourth-order valence-corrected chi connectivity index (χ4v) is 1.23. The third-order valence-electron chi connectivity index (χ3n) is 1.98. The molecule has 0 amide bonds. The molecule has 6 nitrogen and oxygen atoms in total. The van der Waals surface area contributed by atoms with E-state index in [9.17, 15) is 0 Å². The molecule has 6 heteroatoms. The SMILES string of the molecule is N#Cc1ccccc1Oc1cncc(NN)n1. The molecule has 0 atom stereocenters. The summed E-state index contributed by atoms with van der Waals surface area (Å²) in [4.78, 5) is 7.93. The molecule has 17 heavy (non-hydrogen) atoms. The second-order valence-corrected chi connectivity index (χ2v) is 3.10. The number of hydrogen-bond acceptors (Lipinski definition) is 6. The van der Waals surface area contributed by atoms with Crippen molar-refractivity contribution in [2.45, 2.75) is 0 Å². The molecule has 84 valence electrons. The van der Waals surface area contributed by atoms with Crippen LogP contribution in [0.5, 0.6) is 11.6 Å². The maximum atomic E-state index is 8.90. The Morgan fingerprint density at radius 1 is 1.29 bits per heavy atom. The lowest BCUT2D eigenvalue weighted by atomic mass is 10.2. The Balaban J connectivity index is 2.28. The zero-order valence-corrected chi connectivity index (χ0v) is 8.79. The van der Waals surface area contributed by atoms with E-state index in [1.54, 1.807) is 24.3 Å². The summed E-state index contributed by atoms with van der Waals surface area (Å²) in [6.07, 6.45) is 2.90. The van der Waals surface area contributed by atoms with Crippen molar-refractivity contribution in [2.75, 3.05) is 5.43 Å². The normalized spacial score (nSPS) is 9.41. The van der Waals surface area contributed by atoms with Gasteiger partial charge < -0.3 is 10.2 Å². The third kappa shape index (κ3) is 2.48. The second-order valence-electron chi connectivity index (χ2n) is 3.10. The average Bonchev–Trinajstić information content (AvgIpc) is 2.39. The van der Waals surface area contributed by atoms with Crippen LogP contribution in [0.4, 0.5) is 5.82 Å². The van der Waals surface area contributed by atoms with Gasteiger partial charge in [0.1, 0.15) is 11.8 Å². The van der Waals surface area contributed by atoms with E-state index in [4.69, 9.17) is 15.8 Å². The van der Waals surface area contributed by atoms with Crippen molar-refractivity contribution >= 4 is 5.82 Å². The van der Waals surface area contributed by atoms with Crippen molar-refractivity contribution in [3.8, 4) is 17.7 Å². The molecular weight excluding hydrogens is 218 g/mol. The Bertz CT molecular complexity index is 564. The van der Waals surface area contributed by atoms with Gasteiger partial charge in [-0.25, -0.2) is 5.84 Å². The van der Waals surface area contributed by atoms with E-state index in [1.807, 2.05) is 6.07 Å². The number of hydrogen-bond donors (Lipinski definition) is 2. The lowest BCUT2D eigenvalue weighted by Gasteiger charge is -2.06. The number of aromatic nitrogens is 2. The molecule has 3 N–H and O–H groups in total. The van der Waals surface area contributed by atoms with Crippen LogP contribution in [-0.4, -0.2) is 9.97 Å². The molecule has 0 bridgehead atoms. The maximum Gasteiger partial charge on any atom is 0.239 e. The predicted octanol–water partition coefficient (Wildman–Crippen LogP) is 1.43. The largest absolute Gasteiger partial charge is 0.436 e. The van der Waals surface area contributed by atoms with Crippen molar-refractivity contribution in [1.82, 2.24) is 9.97 Å². The second kappa shape index (κ2) is 4.92. The zero-order chi connectivity index (χ0) is 12.1. The summed E-state index contributed by atoms with van der Waals surface area (Å²) < 4.78 is 5.45. The molecule has 0 fully saturated rings. The molecule has 0 aliphatic rings. The minimum Gasteiger partial charge on any atom is -0.436 e. The third-order valence-corrected chi connectivity index (χ3v) is 1.98. The fourth-order valence-electron chi connectivity index (χ4n) is 1.23. The van der Waals surface area contributed by atoms with Gasteiger partial charge in [-0.1, -0.05) is 12.1 Å². The van der Waals surface area contributed by atoms with Gasteiger partial charge in [-0.2, -0.15) is 10.2 Å². The van der Waals surface area contributed by atoms with Crippen LogP contribution in [0, 0.1) is 11.3 Å². The summed E-state index contributed by atoms with van der Waals surface area (Å²) in [5.41, 5.74) is 2.79. The van der Waals surface area contributed by atoms with Crippen LogP contribution in [0.25, 0.3) is 0 Å². The van der Waals surface area contributed by atoms with Crippen molar-refractivity contribution in [2.24, 2.45) is 5.84 Å². The number of hydrazine groups is 1. The molecule has 0 unspecified atom stereocenters. The number of nitrogens with one attached hydrogen (secondary N) is 1. The molecule has 1 aromatic heterocycles.